The maximum atomic E-state index is 3.98. The lowest BCUT2D eigenvalue weighted by Gasteiger charge is -2.15. The maximum absolute atomic E-state index is 3.98. The van der Waals surface area contributed by atoms with E-state index in [1.807, 2.05) is 13.0 Å². The molecule has 0 aromatic rings. The molecular formula is C10H18. The molecule has 0 aromatic heterocycles. The molecule has 0 aliphatic rings. The third-order valence-corrected chi connectivity index (χ3v) is 1.97. The van der Waals surface area contributed by atoms with Crippen LogP contribution in [0.3, 0.4) is 0 Å². The second-order valence-corrected chi connectivity index (χ2v) is 3.11. The zero-order chi connectivity index (χ0) is 8.15. The van der Waals surface area contributed by atoms with Gasteiger partial charge in [0.1, 0.15) is 0 Å². The molecule has 1 atom stereocenters. The van der Waals surface area contributed by atoms with E-state index in [4.69, 9.17) is 0 Å². The molecule has 0 nitrogen and oxygen atoms in total. The van der Waals surface area contributed by atoms with Crippen LogP contribution in [-0.2, 0) is 0 Å². The Morgan fingerprint density at radius 2 is 1.80 bits per heavy atom. The summed E-state index contributed by atoms with van der Waals surface area (Å²) in [5.41, 5.74) is 1.23. The molecule has 0 aromatic carbocycles. The van der Waals surface area contributed by atoms with Crippen LogP contribution in [0, 0.1) is 11.8 Å². The van der Waals surface area contributed by atoms with E-state index in [0.29, 0.717) is 11.8 Å². The van der Waals surface area contributed by atoms with Gasteiger partial charge in [0.2, 0.25) is 0 Å². The second-order valence-electron chi connectivity index (χ2n) is 3.11. The lowest BCUT2D eigenvalue weighted by Crippen LogP contribution is -2.04. The molecule has 0 heteroatoms. The van der Waals surface area contributed by atoms with Crippen LogP contribution in [-0.4, -0.2) is 0 Å². The monoisotopic (exact) mass is 138 g/mol. The second kappa shape index (κ2) is 4.32. The fourth-order valence-electron chi connectivity index (χ4n) is 0.794. The van der Waals surface area contributed by atoms with Crippen LogP contribution >= 0.6 is 0 Å². The van der Waals surface area contributed by atoms with E-state index in [9.17, 15) is 0 Å². The molecule has 0 fully saturated rings. The van der Waals surface area contributed by atoms with E-state index in [0.717, 1.165) is 0 Å². The van der Waals surface area contributed by atoms with Crippen LogP contribution in [0.4, 0.5) is 0 Å². The normalized spacial score (nSPS) is 14.5. The summed E-state index contributed by atoms with van der Waals surface area (Å²) in [4.78, 5) is 0. The van der Waals surface area contributed by atoms with Crippen molar-refractivity contribution in [2.45, 2.75) is 27.7 Å². The lowest BCUT2D eigenvalue weighted by molar-refractivity contribution is 0.489. The van der Waals surface area contributed by atoms with Crippen molar-refractivity contribution in [1.29, 1.82) is 0 Å². The van der Waals surface area contributed by atoms with Gasteiger partial charge in [-0.25, -0.2) is 0 Å². The Labute approximate surface area is 64.6 Å². The summed E-state index contributed by atoms with van der Waals surface area (Å²) in [5.74, 6) is 1.31. The van der Waals surface area contributed by atoms with Crippen LogP contribution in [0.2, 0.25) is 0 Å². The first-order chi connectivity index (χ1) is 4.59. The van der Waals surface area contributed by atoms with Crippen molar-refractivity contribution >= 4 is 0 Å². The molecule has 58 valence electrons. The van der Waals surface area contributed by atoms with E-state index < -0.39 is 0 Å². The minimum Gasteiger partial charge on any atom is -0.0956 e. The SMILES string of the molecule is C=C(C=CC)C(C)C(C)C. The molecule has 0 aliphatic carbocycles. The fourth-order valence-corrected chi connectivity index (χ4v) is 0.794. The summed E-state index contributed by atoms with van der Waals surface area (Å²) in [7, 11) is 0. The average Bonchev–Trinajstić information content (AvgIpc) is 1.87. The van der Waals surface area contributed by atoms with E-state index in [1.165, 1.54) is 5.57 Å². The van der Waals surface area contributed by atoms with Crippen molar-refractivity contribution in [1.82, 2.24) is 0 Å². The van der Waals surface area contributed by atoms with Gasteiger partial charge in [-0.05, 0) is 18.8 Å². The minimum absolute atomic E-state index is 0.608. The zero-order valence-corrected chi connectivity index (χ0v) is 7.52. The van der Waals surface area contributed by atoms with Gasteiger partial charge in [-0.2, -0.15) is 0 Å². The standard InChI is InChI=1S/C10H18/c1-6-7-9(4)10(5)8(2)3/h6-8,10H,4H2,1-3,5H3. The Morgan fingerprint density at radius 3 is 2.10 bits per heavy atom. The molecule has 0 bridgehead atoms. The molecule has 0 rings (SSSR count). The summed E-state index contributed by atoms with van der Waals surface area (Å²) in [6.45, 7) is 12.7. The highest BCUT2D eigenvalue weighted by atomic mass is 14.1. The Morgan fingerprint density at radius 1 is 1.30 bits per heavy atom. The highest BCUT2D eigenvalue weighted by Gasteiger charge is 2.07. The summed E-state index contributed by atoms with van der Waals surface area (Å²) < 4.78 is 0. The molecule has 0 saturated carbocycles. The van der Waals surface area contributed by atoms with Gasteiger partial charge in [-0.3, -0.25) is 0 Å². The van der Waals surface area contributed by atoms with Gasteiger partial charge in [0.25, 0.3) is 0 Å². The first-order valence-corrected chi connectivity index (χ1v) is 3.91. The highest BCUT2D eigenvalue weighted by Crippen LogP contribution is 2.18. The molecule has 0 saturated heterocycles. The predicted molar refractivity (Wildman–Crippen MR) is 48.0 cm³/mol. The van der Waals surface area contributed by atoms with E-state index >= 15 is 0 Å². The predicted octanol–water partition coefficient (Wildman–Crippen LogP) is 3.41. The van der Waals surface area contributed by atoms with Crippen molar-refractivity contribution in [2.75, 3.05) is 0 Å². The average molecular weight is 138 g/mol. The molecule has 0 amide bonds. The lowest BCUT2D eigenvalue weighted by atomic mass is 9.91. The van der Waals surface area contributed by atoms with Gasteiger partial charge in [0.05, 0.1) is 0 Å². The van der Waals surface area contributed by atoms with Gasteiger partial charge >= 0.3 is 0 Å². The Hall–Kier alpha value is -0.520. The minimum atomic E-state index is 0.608. The van der Waals surface area contributed by atoms with E-state index in [2.05, 4.69) is 33.4 Å². The third-order valence-electron chi connectivity index (χ3n) is 1.97. The summed E-state index contributed by atoms with van der Waals surface area (Å²) >= 11 is 0. The fraction of sp³-hybridized carbons (Fsp3) is 0.600. The van der Waals surface area contributed by atoms with E-state index in [1.54, 1.807) is 0 Å². The summed E-state index contributed by atoms with van der Waals surface area (Å²) in [6.07, 6.45) is 4.13. The van der Waals surface area contributed by atoms with Gasteiger partial charge in [0.15, 0.2) is 0 Å². The van der Waals surface area contributed by atoms with Crippen LogP contribution in [0.25, 0.3) is 0 Å². The summed E-state index contributed by atoms with van der Waals surface area (Å²) in [5, 5.41) is 0. The molecule has 0 N–H and O–H groups in total. The molecule has 10 heavy (non-hydrogen) atoms. The van der Waals surface area contributed by atoms with Crippen LogP contribution < -0.4 is 0 Å². The Balaban J connectivity index is 3.95. The number of hydrogen-bond acceptors (Lipinski definition) is 0. The van der Waals surface area contributed by atoms with Crippen molar-refractivity contribution in [3.8, 4) is 0 Å². The van der Waals surface area contributed by atoms with Crippen molar-refractivity contribution in [3.05, 3.63) is 24.3 Å². The number of allylic oxidation sites excluding steroid dienone is 3. The van der Waals surface area contributed by atoms with Crippen molar-refractivity contribution in [3.63, 3.8) is 0 Å². The first kappa shape index (κ1) is 9.48. The largest absolute Gasteiger partial charge is 0.0956 e. The van der Waals surface area contributed by atoms with Gasteiger partial charge in [0, 0.05) is 0 Å². The number of rotatable bonds is 3. The smallest absolute Gasteiger partial charge is 0.0173 e. The Kier molecular flexibility index (Phi) is 4.10. The molecule has 1 unspecified atom stereocenters. The topological polar surface area (TPSA) is 0 Å². The van der Waals surface area contributed by atoms with Crippen molar-refractivity contribution in [2.24, 2.45) is 11.8 Å². The maximum Gasteiger partial charge on any atom is -0.0173 e. The summed E-state index contributed by atoms with van der Waals surface area (Å²) in [6, 6.07) is 0. The molecule has 0 radical (unpaired) electrons. The molecule has 0 aliphatic heterocycles. The molecule has 0 spiro atoms. The Bertz CT molecular complexity index is 129. The van der Waals surface area contributed by atoms with Gasteiger partial charge in [-0.15, -0.1) is 0 Å². The molecule has 0 heterocycles. The first-order valence-electron chi connectivity index (χ1n) is 3.91. The van der Waals surface area contributed by atoms with Crippen LogP contribution in [0.15, 0.2) is 24.3 Å². The van der Waals surface area contributed by atoms with Gasteiger partial charge in [-0.1, -0.05) is 45.1 Å². The number of hydrogen-bond donors (Lipinski definition) is 0. The van der Waals surface area contributed by atoms with Crippen molar-refractivity contribution < 1.29 is 0 Å². The third kappa shape index (κ3) is 2.86. The quantitative estimate of drug-likeness (QED) is 0.524. The highest BCUT2D eigenvalue weighted by molar-refractivity contribution is 5.16. The van der Waals surface area contributed by atoms with E-state index in [-0.39, 0.29) is 0 Å². The van der Waals surface area contributed by atoms with Gasteiger partial charge < -0.3 is 0 Å². The van der Waals surface area contributed by atoms with Crippen LogP contribution in [0.5, 0.6) is 0 Å². The zero-order valence-electron chi connectivity index (χ0n) is 7.52. The van der Waals surface area contributed by atoms with Crippen LogP contribution in [0.1, 0.15) is 27.7 Å². The molecular weight excluding hydrogens is 120 g/mol.